The summed E-state index contributed by atoms with van der Waals surface area (Å²) in [4.78, 5) is 0. The molecule has 4 heteroatoms. The highest BCUT2D eigenvalue weighted by molar-refractivity contribution is 6.32. The summed E-state index contributed by atoms with van der Waals surface area (Å²) >= 11 is 5.91. The second-order valence-corrected chi connectivity index (χ2v) is 5.02. The number of hydrogen-bond donors (Lipinski definition) is 1. The first-order valence-corrected chi connectivity index (χ1v) is 6.33. The maximum absolute atomic E-state index is 12.9. The van der Waals surface area contributed by atoms with Crippen molar-refractivity contribution in [2.24, 2.45) is 11.8 Å². The Morgan fingerprint density at radius 2 is 2.35 bits per heavy atom. The molecule has 1 heterocycles. The molecular formula is C13H17ClFNO. The van der Waals surface area contributed by atoms with Gasteiger partial charge in [-0.15, -0.1) is 0 Å². The lowest BCUT2D eigenvalue weighted by Gasteiger charge is -2.29. The summed E-state index contributed by atoms with van der Waals surface area (Å²) in [5.74, 6) is 1.37. The Kier molecular flexibility index (Phi) is 4.24. The number of rotatable bonds is 3. The number of nitrogens with one attached hydrogen (secondary N) is 1. The molecule has 0 aliphatic carbocycles. The molecule has 0 saturated carbocycles. The van der Waals surface area contributed by atoms with Crippen molar-refractivity contribution in [2.75, 3.05) is 19.7 Å². The summed E-state index contributed by atoms with van der Waals surface area (Å²) in [6.07, 6.45) is 1.11. The minimum Gasteiger partial charge on any atom is -0.492 e. The van der Waals surface area contributed by atoms with Crippen molar-refractivity contribution in [1.29, 1.82) is 0 Å². The van der Waals surface area contributed by atoms with Crippen LogP contribution in [0.25, 0.3) is 0 Å². The molecule has 0 aromatic heterocycles. The van der Waals surface area contributed by atoms with Gasteiger partial charge in [0.15, 0.2) is 0 Å². The molecule has 1 N–H and O–H groups in total. The standard InChI is InChI=1S/C13H17ClFNO/c1-9-7-16-5-4-10(9)8-17-13-3-2-11(15)6-12(13)14/h2-3,6,9-10,16H,4-5,7-8H2,1H3/t9-,10-/m1/s1. The van der Waals surface area contributed by atoms with Crippen molar-refractivity contribution in [3.05, 3.63) is 29.0 Å². The summed E-state index contributed by atoms with van der Waals surface area (Å²) in [5, 5.41) is 3.69. The third kappa shape index (κ3) is 3.33. The molecule has 0 spiro atoms. The van der Waals surface area contributed by atoms with Crippen LogP contribution in [0.4, 0.5) is 4.39 Å². The van der Waals surface area contributed by atoms with E-state index in [9.17, 15) is 4.39 Å². The fraction of sp³-hybridized carbons (Fsp3) is 0.538. The van der Waals surface area contributed by atoms with E-state index in [0.29, 0.717) is 29.2 Å². The molecule has 0 bridgehead atoms. The van der Waals surface area contributed by atoms with Crippen molar-refractivity contribution in [3.8, 4) is 5.75 Å². The van der Waals surface area contributed by atoms with E-state index in [2.05, 4.69) is 12.2 Å². The van der Waals surface area contributed by atoms with Gasteiger partial charge in [-0.2, -0.15) is 0 Å². The summed E-state index contributed by atoms with van der Waals surface area (Å²) < 4.78 is 18.5. The molecule has 94 valence electrons. The fourth-order valence-corrected chi connectivity index (χ4v) is 2.33. The predicted octanol–water partition coefficient (Wildman–Crippen LogP) is 3.10. The molecule has 1 aliphatic rings. The van der Waals surface area contributed by atoms with E-state index in [-0.39, 0.29) is 5.82 Å². The van der Waals surface area contributed by atoms with Crippen molar-refractivity contribution >= 4 is 11.6 Å². The largest absolute Gasteiger partial charge is 0.492 e. The van der Waals surface area contributed by atoms with Gasteiger partial charge in [-0.25, -0.2) is 4.39 Å². The van der Waals surface area contributed by atoms with Crippen molar-refractivity contribution in [1.82, 2.24) is 5.32 Å². The molecule has 1 fully saturated rings. The van der Waals surface area contributed by atoms with Gasteiger partial charge >= 0.3 is 0 Å². The molecule has 2 rings (SSSR count). The van der Waals surface area contributed by atoms with Gasteiger partial charge < -0.3 is 10.1 Å². The fourth-order valence-electron chi connectivity index (χ4n) is 2.11. The highest BCUT2D eigenvalue weighted by atomic mass is 35.5. The van der Waals surface area contributed by atoms with E-state index < -0.39 is 0 Å². The van der Waals surface area contributed by atoms with Crippen molar-refractivity contribution in [2.45, 2.75) is 13.3 Å². The SMILES string of the molecule is C[C@@H]1CNCC[C@@H]1COc1ccc(F)cc1Cl. The van der Waals surface area contributed by atoms with Crippen LogP contribution in [0.2, 0.25) is 5.02 Å². The van der Waals surface area contributed by atoms with Crippen LogP contribution in [0, 0.1) is 17.7 Å². The van der Waals surface area contributed by atoms with Crippen LogP contribution in [-0.2, 0) is 0 Å². The zero-order valence-corrected chi connectivity index (χ0v) is 10.6. The zero-order valence-electron chi connectivity index (χ0n) is 9.88. The van der Waals surface area contributed by atoms with Crippen molar-refractivity contribution < 1.29 is 9.13 Å². The van der Waals surface area contributed by atoms with Gasteiger partial charge in [-0.3, -0.25) is 0 Å². The Hall–Kier alpha value is -0.800. The Balaban J connectivity index is 1.92. The number of ether oxygens (including phenoxy) is 1. The molecule has 0 amide bonds. The van der Waals surface area contributed by atoms with Gasteiger partial charge in [0.05, 0.1) is 11.6 Å². The smallest absolute Gasteiger partial charge is 0.138 e. The number of hydrogen-bond acceptors (Lipinski definition) is 2. The molecule has 2 nitrogen and oxygen atoms in total. The van der Waals surface area contributed by atoms with Gasteiger partial charge in [-0.1, -0.05) is 18.5 Å². The molecule has 1 aromatic carbocycles. The minimum atomic E-state index is -0.336. The Morgan fingerprint density at radius 3 is 3.06 bits per heavy atom. The zero-order chi connectivity index (χ0) is 12.3. The van der Waals surface area contributed by atoms with Crippen LogP contribution >= 0.6 is 11.6 Å². The molecule has 1 aliphatic heterocycles. The van der Waals surface area contributed by atoms with E-state index in [1.807, 2.05) is 0 Å². The third-order valence-electron chi connectivity index (χ3n) is 3.31. The molecule has 1 saturated heterocycles. The van der Waals surface area contributed by atoms with Crippen LogP contribution in [0.5, 0.6) is 5.75 Å². The average Bonchev–Trinajstić information content (AvgIpc) is 2.30. The van der Waals surface area contributed by atoms with E-state index in [1.54, 1.807) is 6.07 Å². The lowest BCUT2D eigenvalue weighted by molar-refractivity contribution is 0.169. The predicted molar refractivity (Wildman–Crippen MR) is 67.0 cm³/mol. The number of piperidine rings is 1. The first-order valence-electron chi connectivity index (χ1n) is 5.95. The van der Waals surface area contributed by atoms with Gasteiger partial charge in [0, 0.05) is 0 Å². The van der Waals surface area contributed by atoms with Crippen LogP contribution < -0.4 is 10.1 Å². The highest BCUT2D eigenvalue weighted by Gasteiger charge is 2.21. The second-order valence-electron chi connectivity index (χ2n) is 4.62. The summed E-state index contributed by atoms with van der Waals surface area (Å²) in [6.45, 7) is 4.93. The molecule has 2 atom stereocenters. The van der Waals surface area contributed by atoms with Gasteiger partial charge in [0.1, 0.15) is 11.6 Å². The number of halogens is 2. The molecular weight excluding hydrogens is 241 g/mol. The highest BCUT2D eigenvalue weighted by Crippen LogP contribution is 2.27. The van der Waals surface area contributed by atoms with E-state index in [1.165, 1.54) is 12.1 Å². The normalized spacial score (nSPS) is 24.6. The average molecular weight is 258 g/mol. The molecule has 1 aromatic rings. The van der Waals surface area contributed by atoms with Gasteiger partial charge in [-0.05, 0) is 49.5 Å². The lowest BCUT2D eigenvalue weighted by atomic mass is 9.89. The minimum absolute atomic E-state index is 0.336. The first kappa shape index (κ1) is 12.7. The van der Waals surface area contributed by atoms with E-state index >= 15 is 0 Å². The summed E-state index contributed by atoms with van der Waals surface area (Å²) in [5.41, 5.74) is 0. The van der Waals surface area contributed by atoms with Gasteiger partial charge in [0.2, 0.25) is 0 Å². The monoisotopic (exact) mass is 257 g/mol. The molecule has 0 radical (unpaired) electrons. The van der Waals surface area contributed by atoms with Crippen LogP contribution in [0.15, 0.2) is 18.2 Å². The van der Waals surface area contributed by atoms with Crippen LogP contribution in [0.1, 0.15) is 13.3 Å². The summed E-state index contributed by atoms with van der Waals surface area (Å²) in [7, 11) is 0. The van der Waals surface area contributed by atoms with Crippen molar-refractivity contribution in [3.63, 3.8) is 0 Å². The van der Waals surface area contributed by atoms with Crippen LogP contribution in [-0.4, -0.2) is 19.7 Å². The summed E-state index contributed by atoms with van der Waals surface area (Å²) in [6, 6.07) is 4.24. The van der Waals surface area contributed by atoms with Crippen LogP contribution in [0.3, 0.4) is 0 Å². The Labute approximate surface area is 106 Å². The Bertz CT molecular complexity index is 386. The number of benzene rings is 1. The maximum Gasteiger partial charge on any atom is 0.138 e. The topological polar surface area (TPSA) is 21.3 Å². The van der Waals surface area contributed by atoms with E-state index in [4.69, 9.17) is 16.3 Å². The Morgan fingerprint density at radius 1 is 1.53 bits per heavy atom. The van der Waals surface area contributed by atoms with Gasteiger partial charge in [0.25, 0.3) is 0 Å². The molecule has 17 heavy (non-hydrogen) atoms. The quantitative estimate of drug-likeness (QED) is 0.899. The third-order valence-corrected chi connectivity index (χ3v) is 3.61. The lowest BCUT2D eigenvalue weighted by Crippen LogP contribution is -2.37. The first-order chi connectivity index (χ1) is 8.16. The van der Waals surface area contributed by atoms with E-state index in [0.717, 1.165) is 19.5 Å². The second kappa shape index (κ2) is 5.69. The maximum atomic E-state index is 12.9. The molecule has 0 unspecified atom stereocenters.